The first-order valence-corrected chi connectivity index (χ1v) is 6.35. The lowest BCUT2D eigenvalue weighted by Crippen LogP contribution is -2.36. The number of para-hydroxylation sites is 1. The van der Waals surface area contributed by atoms with Crippen LogP contribution in [0.5, 0.6) is 0 Å². The number of nitrogens with one attached hydrogen (secondary N) is 1. The fourth-order valence-electron chi connectivity index (χ4n) is 1.41. The molecular formula is C12H16BrFN2O2. The van der Waals surface area contributed by atoms with Gasteiger partial charge in [0, 0.05) is 18.2 Å². The van der Waals surface area contributed by atoms with Gasteiger partial charge in [-0.05, 0) is 40.9 Å². The second-order valence-electron chi connectivity index (χ2n) is 3.83. The fourth-order valence-corrected chi connectivity index (χ4v) is 1.85. The Morgan fingerprint density at radius 1 is 1.61 bits per heavy atom. The lowest BCUT2D eigenvalue weighted by molar-refractivity contribution is -0.117. The van der Waals surface area contributed by atoms with Gasteiger partial charge in [0.1, 0.15) is 5.82 Å². The summed E-state index contributed by atoms with van der Waals surface area (Å²) in [4.78, 5) is 11.7. The number of halogens is 2. The predicted molar refractivity (Wildman–Crippen MR) is 71.8 cm³/mol. The summed E-state index contributed by atoms with van der Waals surface area (Å²) in [5, 5.41) is 2.48. The number of hydrogen-bond acceptors (Lipinski definition) is 3. The minimum Gasteiger partial charge on any atom is -0.385 e. The van der Waals surface area contributed by atoms with Crippen molar-refractivity contribution in [3.8, 4) is 0 Å². The number of benzene rings is 1. The molecule has 0 fully saturated rings. The van der Waals surface area contributed by atoms with Crippen LogP contribution in [0.1, 0.15) is 12.8 Å². The first-order valence-electron chi connectivity index (χ1n) is 5.55. The number of carbonyl (C=O) groups is 1. The summed E-state index contributed by atoms with van der Waals surface area (Å²) < 4.78 is 18.8. The maximum Gasteiger partial charge on any atom is 0.241 e. The Kier molecular flexibility index (Phi) is 6.24. The number of amides is 1. The number of anilines is 1. The van der Waals surface area contributed by atoms with Gasteiger partial charge in [0.2, 0.25) is 5.91 Å². The van der Waals surface area contributed by atoms with Gasteiger partial charge < -0.3 is 15.8 Å². The molecule has 1 aromatic carbocycles. The summed E-state index contributed by atoms with van der Waals surface area (Å²) >= 11 is 3.17. The molecule has 1 unspecified atom stereocenters. The van der Waals surface area contributed by atoms with E-state index in [0.29, 0.717) is 23.9 Å². The normalized spacial score (nSPS) is 12.2. The van der Waals surface area contributed by atoms with E-state index < -0.39 is 17.8 Å². The maximum atomic E-state index is 13.5. The highest BCUT2D eigenvalue weighted by atomic mass is 79.9. The number of rotatable bonds is 6. The average Bonchev–Trinajstić information content (AvgIpc) is 2.34. The van der Waals surface area contributed by atoms with Crippen LogP contribution in [0.2, 0.25) is 0 Å². The SMILES string of the molecule is COCCCC(N)C(=O)Nc1c(F)cccc1Br. The summed E-state index contributed by atoms with van der Waals surface area (Å²) in [7, 11) is 1.59. The molecule has 1 atom stereocenters. The summed E-state index contributed by atoms with van der Waals surface area (Å²) in [6.07, 6.45) is 1.18. The predicted octanol–water partition coefficient (Wildman–Crippen LogP) is 2.28. The molecule has 1 rings (SSSR count). The van der Waals surface area contributed by atoms with Crippen molar-refractivity contribution < 1.29 is 13.9 Å². The summed E-state index contributed by atoms with van der Waals surface area (Å²) in [6, 6.07) is 3.80. The third kappa shape index (κ3) is 4.36. The third-order valence-electron chi connectivity index (χ3n) is 2.41. The minimum atomic E-state index is -0.674. The van der Waals surface area contributed by atoms with Crippen molar-refractivity contribution in [1.29, 1.82) is 0 Å². The van der Waals surface area contributed by atoms with Crippen LogP contribution in [0.4, 0.5) is 10.1 Å². The molecule has 0 aromatic heterocycles. The van der Waals surface area contributed by atoms with E-state index in [1.165, 1.54) is 6.07 Å². The summed E-state index contributed by atoms with van der Waals surface area (Å²) in [5.74, 6) is -0.904. The van der Waals surface area contributed by atoms with Gasteiger partial charge in [-0.15, -0.1) is 0 Å². The first-order chi connectivity index (χ1) is 8.56. The van der Waals surface area contributed by atoms with E-state index in [-0.39, 0.29) is 5.69 Å². The van der Waals surface area contributed by atoms with Gasteiger partial charge >= 0.3 is 0 Å². The van der Waals surface area contributed by atoms with Gasteiger partial charge in [0.25, 0.3) is 0 Å². The monoisotopic (exact) mass is 318 g/mol. The Balaban J connectivity index is 2.58. The van der Waals surface area contributed by atoms with Crippen LogP contribution < -0.4 is 11.1 Å². The molecule has 0 spiro atoms. The smallest absolute Gasteiger partial charge is 0.241 e. The molecule has 0 saturated heterocycles. The molecule has 0 radical (unpaired) electrons. The summed E-state index contributed by atoms with van der Waals surface area (Å²) in [5.41, 5.74) is 5.82. The fraction of sp³-hybridized carbons (Fsp3) is 0.417. The third-order valence-corrected chi connectivity index (χ3v) is 3.07. The quantitative estimate of drug-likeness (QED) is 0.791. The van der Waals surface area contributed by atoms with Crippen LogP contribution in [-0.2, 0) is 9.53 Å². The number of carbonyl (C=O) groups excluding carboxylic acids is 1. The molecule has 0 heterocycles. The molecule has 18 heavy (non-hydrogen) atoms. The molecule has 3 N–H and O–H groups in total. The molecule has 1 aromatic rings. The number of ether oxygens (including phenoxy) is 1. The Hall–Kier alpha value is -0.980. The molecule has 0 saturated carbocycles. The number of methoxy groups -OCH3 is 1. The van der Waals surface area contributed by atoms with E-state index >= 15 is 0 Å². The van der Waals surface area contributed by atoms with Crippen molar-refractivity contribution in [2.24, 2.45) is 5.73 Å². The lowest BCUT2D eigenvalue weighted by atomic mass is 10.1. The van der Waals surface area contributed by atoms with Gasteiger partial charge in [-0.25, -0.2) is 4.39 Å². The van der Waals surface area contributed by atoms with Crippen LogP contribution in [0, 0.1) is 5.82 Å². The molecule has 6 heteroatoms. The van der Waals surface area contributed by atoms with Gasteiger partial charge in [-0.3, -0.25) is 4.79 Å². The van der Waals surface area contributed by atoms with Crippen molar-refractivity contribution >= 4 is 27.5 Å². The van der Waals surface area contributed by atoms with Gasteiger partial charge in [0.05, 0.1) is 11.7 Å². The van der Waals surface area contributed by atoms with E-state index in [0.717, 1.165) is 0 Å². The van der Waals surface area contributed by atoms with Crippen molar-refractivity contribution in [3.63, 3.8) is 0 Å². The summed E-state index contributed by atoms with van der Waals surface area (Å²) in [6.45, 7) is 0.546. The van der Waals surface area contributed by atoms with E-state index in [1.807, 2.05) is 0 Å². The molecule has 0 bridgehead atoms. The Bertz CT molecular complexity index is 395. The number of hydrogen-bond donors (Lipinski definition) is 2. The minimum absolute atomic E-state index is 0.115. The standard InChI is InChI=1S/C12H16BrFN2O2/c1-18-7-3-6-10(15)12(17)16-11-8(13)4-2-5-9(11)14/h2,4-5,10H,3,6-7,15H2,1H3,(H,16,17). The van der Waals surface area contributed by atoms with Crippen molar-refractivity contribution in [2.45, 2.75) is 18.9 Å². The zero-order valence-electron chi connectivity index (χ0n) is 10.1. The van der Waals surface area contributed by atoms with E-state index in [1.54, 1.807) is 19.2 Å². The van der Waals surface area contributed by atoms with Crippen LogP contribution in [0.25, 0.3) is 0 Å². The molecule has 0 aliphatic rings. The zero-order valence-corrected chi connectivity index (χ0v) is 11.7. The van der Waals surface area contributed by atoms with Gasteiger partial charge in [0.15, 0.2) is 0 Å². The van der Waals surface area contributed by atoms with Gasteiger partial charge in [-0.2, -0.15) is 0 Å². The van der Waals surface area contributed by atoms with E-state index in [2.05, 4.69) is 21.2 Å². The van der Waals surface area contributed by atoms with Crippen LogP contribution in [0.3, 0.4) is 0 Å². The first kappa shape index (κ1) is 15.1. The molecule has 0 aliphatic carbocycles. The van der Waals surface area contributed by atoms with E-state index in [4.69, 9.17) is 10.5 Å². The molecular weight excluding hydrogens is 303 g/mol. The molecule has 1 amide bonds. The second kappa shape index (κ2) is 7.45. The second-order valence-corrected chi connectivity index (χ2v) is 4.68. The molecule has 0 aliphatic heterocycles. The van der Waals surface area contributed by atoms with Crippen LogP contribution in [-0.4, -0.2) is 25.7 Å². The Labute approximate surface area is 114 Å². The van der Waals surface area contributed by atoms with Crippen LogP contribution in [0.15, 0.2) is 22.7 Å². The largest absolute Gasteiger partial charge is 0.385 e. The highest BCUT2D eigenvalue weighted by Gasteiger charge is 2.16. The Morgan fingerprint density at radius 3 is 2.94 bits per heavy atom. The highest BCUT2D eigenvalue weighted by molar-refractivity contribution is 9.10. The van der Waals surface area contributed by atoms with Gasteiger partial charge in [-0.1, -0.05) is 6.07 Å². The van der Waals surface area contributed by atoms with Crippen LogP contribution >= 0.6 is 15.9 Å². The van der Waals surface area contributed by atoms with Crippen molar-refractivity contribution in [2.75, 3.05) is 19.0 Å². The maximum absolute atomic E-state index is 13.5. The highest BCUT2D eigenvalue weighted by Crippen LogP contribution is 2.25. The topological polar surface area (TPSA) is 64.3 Å². The lowest BCUT2D eigenvalue weighted by Gasteiger charge is -2.13. The number of nitrogens with two attached hydrogens (primary N) is 1. The molecule has 4 nitrogen and oxygen atoms in total. The van der Waals surface area contributed by atoms with Crippen molar-refractivity contribution in [1.82, 2.24) is 0 Å². The Morgan fingerprint density at radius 2 is 2.33 bits per heavy atom. The zero-order chi connectivity index (χ0) is 13.5. The molecule has 100 valence electrons. The van der Waals surface area contributed by atoms with Crippen molar-refractivity contribution in [3.05, 3.63) is 28.5 Å². The average molecular weight is 319 g/mol. The van der Waals surface area contributed by atoms with E-state index in [9.17, 15) is 9.18 Å².